The predicted molar refractivity (Wildman–Crippen MR) is 114 cm³/mol. The molecule has 0 amide bonds. The Morgan fingerprint density at radius 3 is 2.37 bits per heavy atom. The molecule has 1 aromatic carbocycles. The van der Waals surface area contributed by atoms with Crippen LogP contribution in [0.3, 0.4) is 0 Å². The number of aromatic nitrogens is 3. The van der Waals surface area contributed by atoms with Crippen molar-refractivity contribution in [3.63, 3.8) is 0 Å². The summed E-state index contributed by atoms with van der Waals surface area (Å²) in [4.78, 5) is 27.6. The first-order valence-electron chi connectivity index (χ1n) is 9.59. The smallest absolute Gasteiger partial charge is 0.208 e. The third kappa shape index (κ3) is 2.13. The summed E-state index contributed by atoms with van der Waals surface area (Å²) in [5, 5.41) is 18.9. The van der Waals surface area contributed by atoms with Crippen molar-refractivity contribution >= 4 is 38.4 Å². The van der Waals surface area contributed by atoms with Gasteiger partial charge in [0.25, 0.3) is 0 Å². The minimum absolute atomic E-state index is 0.0136. The van der Waals surface area contributed by atoms with Crippen LogP contribution in [-0.4, -0.2) is 20.1 Å². The van der Waals surface area contributed by atoms with Crippen LogP contribution in [0.5, 0.6) is 0 Å². The van der Waals surface area contributed by atoms with Gasteiger partial charge >= 0.3 is 0 Å². The number of thiazole rings is 1. The molecule has 2 aliphatic carbocycles. The third-order valence-corrected chi connectivity index (χ3v) is 9.41. The molecular formula is C22H17N5OS2. The van der Waals surface area contributed by atoms with Crippen LogP contribution in [0.25, 0.3) is 10.2 Å². The number of thioether (sulfide) groups is 1. The number of carbonyl (C=O) groups excluding carboxylic acids is 1. The van der Waals surface area contributed by atoms with E-state index in [-0.39, 0.29) is 16.5 Å². The summed E-state index contributed by atoms with van der Waals surface area (Å²) in [6.07, 6.45) is 1.43. The first-order valence-corrected chi connectivity index (χ1v) is 11.2. The average molecular weight is 432 g/mol. The van der Waals surface area contributed by atoms with E-state index < -0.39 is 16.2 Å². The molecular weight excluding hydrogens is 414 g/mol. The Labute approximate surface area is 182 Å². The SMILES string of the molecule is CC12CCC(C(=O)Sc3nc4ccccc4s3)(c3nc(C#N)c(C#N)nc31)C2(C)C. The highest BCUT2D eigenvalue weighted by Gasteiger charge is 2.73. The molecule has 5 rings (SSSR count). The van der Waals surface area contributed by atoms with Gasteiger partial charge in [0.15, 0.2) is 15.7 Å². The number of fused-ring (bicyclic) bond motifs is 6. The number of nitrogens with zero attached hydrogens (tertiary/aromatic N) is 5. The van der Waals surface area contributed by atoms with Crippen molar-refractivity contribution in [3.05, 3.63) is 47.0 Å². The second kappa shape index (κ2) is 6.10. The number of rotatable bonds is 2. The number of benzene rings is 1. The maximum Gasteiger partial charge on any atom is 0.208 e. The van der Waals surface area contributed by atoms with Gasteiger partial charge in [0.2, 0.25) is 5.12 Å². The Morgan fingerprint density at radius 1 is 1.03 bits per heavy atom. The fourth-order valence-electron chi connectivity index (χ4n) is 5.15. The molecule has 30 heavy (non-hydrogen) atoms. The zero-order valence-corrected chi connectivity index (χ0v) is 18.3. The number of para-hydroxylation sites is 1. The lowest BCUT2D eigenvalue weighted by Crippen LogP contribution is -2.44. The van der Waals surface area contributed by atoms with Crippen LogP contribution in [0.2, 0.25) is 0 Å². The maximum atomic E-state index is 13.9. The average Bonchev–Trinajstić information content (AvgIpc) is 3.28. The van der Waals surface area contributed by atoms with E-state index in [4.69, 9.17) is 0 Å². The molecule has 1 saturated carbocycles. The summed E-state index contributed by atoms with van der Waals surface area (Å²) in [5.74, 6) is 0. The van der Waals surface area contributed by atoms with Crippen molar-refractivity contribution in [1.29, 1.82) is 10.5 Å². The number of hydrogen-bond acceptors (Lipinski definition) is 8. The van der Waals surface area contributed by atoms with E-state index in [1.807, 2.05) is 36.4 Å². The van der Waals surface area contributed by atoms with Crippen molar-refractivity contribution in [3.8, 4) is 12.1 Å². The quantitative estimate of drug-likeness (QED) is 0.551. The minimum atomic E-state index is -0.869. The third-order valence-electron chi connectivity index (χ3n) is 7.28. The van der Waals surface area contributed by atoms with Gasteiger partial charge in [-0.15, -0.1) is 11.3 Å². The summed E-state index contributed by atoms with van der Waals surface area (Å²) < 4.78 is 1.74. The molecule has 0 radical (unpaired) electrons. The van der Waals surface area contributed by atoms with Gasteiger partial charge in [-0.2, -0.15) is 10.5 Å². The Balaban J connectivity index is 1.66. The lowest BCUT2D eigenvalue weighted by atomic mass is 9.64. The molecule has 2 unspecified atom stereocenters. The maximum absolute atomic E-state index is 13.9. The molecule has 0 spiro atoms. The number of nitriles is 2. The van der Waals surface area contributed by atoms with Crippen LogP contribution in [0.4, 0.5) is 0 Å². The summed E-state index contributed by atoms with van der Waals surface area (Å²) in [5.41, 5.74) is 0.433. The van der Waals surface area contributed by atoms with Crippen LogP contribution < -0.4 is 0 Å². The molecule has 2 aliphatic rings. The Hall–Kier alpha value is -2.81. The Morgan fingerprint density at radius 2 is 1.70 bits per heavy atom. The van der Waals surface area contributed by atoms with E-state index in [0.717, 1.165) is 28.4 Å². The number of hydrogen-bond donors (Lipinski definition) is 0. The van der Waals surface area contributed by atoms with Crippen LogP contribution in [0, 0.1) is 28.1 Å². The summed E-state index contributed by atoms with van der Waals surface area (Å²) >= 11 is 2.66. The van der Waals surface area contributed by atoms with E-state index in [2.05, 4.69) is 35.7 Å². The van der Waals surface area contributed by atoms with Crippen molar-refractivity contribution < 1.29 is 4.79 Å². The molecule has 6 nitrogen and oxygen atoms in total. The first kappa shape index (κ1) is 19.2. The topological polar surface area (TPSA) is 103 Å². The van der Waals surface area contributed by atoms with Gasteiger partial charge in [-0.05, 0) is 42.2 Å². The molecule has 2 aromatic heterocycles. The standard InChI is InChI=1S/C22H17N5OS2/c1-20(2)21(3)8-9-22(20,17-16(21)25-13(10-23)14(11-24)26-17)18(28)30-19-27-12-6-4-5-7-15(12)29-19/h4-7H,8-9H2,1-3H3. The molecule has 2 atom stereocenters. The fraction of sp³-hybridized carbons (Fsp3) is 0.364. The van der Waals surface area contributed by atoms with E-state index in [0.29, 0.717) is 22.1 Å². The molecule has 148 valence electrons. The molecule has 3 aromatic rings. The van der Waals surface area contributed by atoms with E-state index in [9.17, 15) is 15.3 Å². The first-order chi connectivity index (χ1) is 14.3. The lowest BCUT2D eigenvalue weighted by molar-refractivity contribution is -0.119. The van der Waals surface area contributed by atoms with Gasteiger partial charge < -0.3 is 0 Å². The minimum Gasteiger partial charge on any atom is -0.286 e. The second-order valence-electron chi connectivity index (χ2n) is 8.54. The van der Waals surface area contributed by atoms with Crippen LogP contribution in [0.1, 0.15) is 56.4 Å². The summed E-state index contributed by atoms with van der Waals surface area (Å²) in [6.45, 7) is 6.26. The van der Waals surface area contributed by atoms with Gasteiger partial charge in [0.05, 0.1) is 27.0 Å². The highest BCUT2D eigenvalue weighted by Crippen LogP contribution is 2.71. The van der Waals surface area contributed by atoms with E-state index in [1.54, 1.807) is 0 Å². The fourth-order valence-corrected chi connectivity index (χ4v) is 7.44. The highest BCUT2D eigenvalue weighted by molar-refractivity contribution is 8.15. The zero-order chi connectivity index (χ0) is 21.3. The summed E-state index contributed by atoms with van der Waals surface area (Å²) in [6, 6.07) is 11.8. The molecule has 0 aliphatic heterocycles. The molecule has 0 saturated heterocycles. The lowest BCUT2D eigenvalue weighted by Gasteiger charge is -2.39. The van der Waals surface area contributed by atoms with Crippen molar-refractivity contribution in [2.24, 2.45) is 5.41 Å². The second-order valence-corrected chi connectivity index (χ2v) is 10.8. The van der Waals surface area contributed by atoms with Crippen molar-refractivity contribution in [1.82, 2.24) is 15.0 Å². The summed E-state index contributed by atoms with van der Waals surface area (Å²) in [7, 11) is 0. The normalized spacial score (nSPS) is 25.6. The van der Waals surface area contributed by atoms with E-state index >= 15 is 0 Å². The van der Waals surface area contributed by atoms with E-state index in [1.165, 1.54) is 11.3 Å². The molecule has 8 heteroatoms. The molecule has 1 fully saturated rings. The number of carbonyl (C=O) groups is 1. The van der Waals surface area contributed by atoms with Gasteiger partial charge in [0, 0.05) is 5.41 Å². The molecule has 2 heterocycles. The van der Waals surface area contributed by atoms with Crippen LogP contribution in [0.15, 0.2) is 28.6 Å². The predicted octanol–water partition coefficient (Wildman–Crippen LogP) is 4.48. The molecule has 2 bridgehead atoms. The van der Waals surface area contributed by atoms with Crippen molar-refractivity contribution in [2.75, 3.05) is 0 Å². The Kier molecular flexibility index (Phi) is 3.90. The van der Waals surface area contributed by atoms with Crippen molar-refractivity contribution in [2.45, 2.75) is 48.8 Å². The zero-order valence-electron chi connectivity index (χ0n) is 16.7. The van der Waals surface area contributed by atoms with Crippen LogP contribution >= 0.6 is 23.1 Å². The monoisotopic (exact) mass is 431 g/mol. The molecule has 0 N–H and O–H groups in total. The van der Waals surface area contributed by atoms with Gasteiger partial charge in [-0.3, -0.25) is 4.79 Å². The Bertz CT molecular complexity index is 1300. The van der Waals surface area contributed by atoms with Gasteiger partial charge in [-0.25, -0.2) is 15.0 Å². The largest absolute Gasteiger partial charge is 0.286 e. The highest BCUT2D eigenvalue weighted by atomic mass is 32.2. The van der Waals surface area contributed by atoms with Gasteiger partial charge in [-0.1, -0.05) is 32.9 Å². The van der Waals surface area contributed by atoms with Gasteiger partial charge in [0.1, 0.15) is 12.1 Å². The van der Waals surface area contributed by atoms with Crippen LogP contribution in [-0.2, 0) is 15.6 Å².